The zero-order valence-electron chi connectivity index (χ0n) is 12.4. The van der Waals surface area contributed by atoms with Crippen molar-refractivity contribution in [1.29, 1.82) is 0 Å². The van der Waals surface area contributed by atoms with Crippen LogP contribution in [0.5, 0.6) is 0 Å². The van der Waals surface area contributed by atoms with Gasteiger partial charge in [0.25, 0.3) is 0 Å². The molecule has 1 fully saturated rings. The van der Waals surface area contributed by atoms with E-state index in [9.17, 15) is 9.59 Å². The molecular weight excluding hydrogens is 290 g/mol. The van der Waals surface area contributed by atoms with Crippen molar-refractivity contribution in [1.82, 2.24) is 0 Å². The van der Waals surface area contributed by atoms with Crippen LogP contribution < -0.4 is 5.32 Å². The molecule has 1 aliphatic rings. The van der Waals surface area contributed by atoms with Crippen molar-refractivity contribution in [3.8, 4) is 0 Å². The van der Waals surface area contributed by atoms with Crippen LogP contribution in [0.1, 0.15) is 47.8 Å². The van der Waals surface area contributed by atoms with Crippen LogP contribution in [0.4, 0.5) is 5.00 Å². The van der Waals surface area contributed by atoms with Gasteiger partial charge < -0.3 is 14.8 Å². The van der Waals surface area contributed by atoms with Gasteiger partial charge in [0.2, 0.25) is 5.91 Å². The fraction of sp³-hybridized carbons (Fsp3) is 0.600. The smallest absolute Gasteiger partial charge is 0.348 e. The molecule has 5 nitrogen and oxygen atoms in total. The average Bonchev–Trinajstić information content (AvgIpc) is 3.06. The number of aryl methyl sites for hydroxylation is 1. The SMILES string of the molecule is CCOC(=O)c1sc(NC(=O)CCC2CCCO2)cc1C. The average molecular weight is 311 g/mol. The van der Waals surface area contributed by atoms with Crippen LogP contribution in [0.15, 0.2) is 6.07 Å². The Bertz CT molecular complexity index is 506. The quantitative estimate of drug-likeness (QED) is 0.820. The fourth-order valence-electron chi connectivity index (χ4n) is 2.31. The van der Waals surface area contributed by atoms with E-state index in [0.29, 0.717) is 22.9 Å². The molecule has 0 radical (unpaired) electrons. The van der Waals surface area contributed by atoms with E-state index in [1.54, 1.807) is 13.0 Å². The summed E-state index contributed by atoms with van der Waals surface area (Å²) in [4.78, 5) is 24.2. The molecule has 1 aromatic rings. The second kappa shape index (κ2) is 7.56. The summed E-state index contributed by atoms with van der Waals surface area (Å²) in [6, 6.07) is 1.81. The van der Waals surface area contributed by atoms with Crippen molar-refractivity contribution < 1.29 is 19.1 Å². The lowest BCUT2D eigenvalue weighted by atomic mass is 10.1. The Morgan fingerprint density at radius 1 is 1.52 bits per heavy atom. The van der Waals surface area contributed by atoms with Crippen molar-refractivity contribution in [3.63, 3.8) is 0 Å². The summed E-state index contributed by atoms with van der Waals surface area (Å²) >= 11 is 1.26. The molecule has 1 aliphatic heterocycles. The minimum absolute atomic E-state index is 0.0397. The standard InChI is InChI=1S/C15H21NO4S/c1-3-19-15(18)14-10(2)9-13(21-14)16-12(17)7-6-11-5-4-8-20-11/h9,11H,3-8H2,1-2H3,(H,16,17). The van der Waals surface area contributed by atoms with Crippen molar-refractivity contribution in [3.05, 3.63) is 16.5 Å². The monoisotopic (exact) mass is 311 g/mol. The van der Waals surface area contributed by atoms with Crippen LogP contribution in [-0.2, 0) is 14.3 Å². The van der Waals surface area contributed by atoms with Crippen LogP contribution in [0.2, 0.25) is 0 Å². The molecule has 21 heavy (non-hydrogen) atoms. The van der Waals surface area contributed by atoms with E-state index in [1.165, 1.54) is 11.3 Å². The van der Waals surface area contributed by atoms with E-state index >= 15 is 0 Å². The first kappa shape index (κ1) is 16.0. The second-order valence-electron chi connectivity index (χ2n) is 5.07. The molecule has 1 saturated heterocycles. The Kier molecular flexibility index (Phi) is 5.76. The van der Waals surface area contributed by atoms with Crippen LogP contribution in [0, 0.1) is 6.92 Å². The van der Waals surface area contributed by atoms with Gasteiger partial charge in [-0.25, -0.2) is 4.79 Å². The number of amides is 1. The Labute approximate surface area is 128 Å². The Hall–Kier alpha value is -1.40. The zero-order chi connectivity index (χ0) is 15.2. The predicted molar refractivity (Wildman–Crippen MR) is 81.9 cm³/mol. The van der Waals surface area contributed by atoms with E-state index in [-0.39, 0.29) is 18.0 Å². The Morgan fingerprint density at radius 2 is 2.33 bits per heavy atom. The van der Waals surface area contributed by atoms with Gasteiger partial charge in [-0.15, -0.1) is 11.3 Å². The summed E-state index contributed by atoms with van der Waals surface area (Å²) in [6.07, 6.45) is 3.53. The first-order valence-electron chi connectivity index (χ1n) is 7.29. The van der Waals surface area contributed by atoms with Gasteiger partial charge in [-0.3, -0.25) is 4.79 Å². The minimum atomic E-state index is -0.333. The van der Waals surface area contributed by atoms with Crippen molar-refractivity contribution >= 4 is 28.2 Å². The van der Waals surface area contributed by atoms with E-state index in [2.05, 4.69) is 5.32 Å². The number of thiophene rings is 1. The molecule has 0 aliphatic carbocycles. The van der Waals surface area contributed by atoms with Gasteiger partial charge in [0.15, 0.2) is 0 Å². The number of hydrogen-bond acceptors (Lipinski definition) is 5. The maximum atomic E-state index is 11.9. The Morgan fingerprint density at radius 3 is 3.00 bits per heavy atom. The van der Waals surface area contributed by atoms with E-state index in [1.807, 2.05) is 6.92 Å². The third-order valence-corrected chi connectivity index (χ3v) is 4.49. The molecule has 0 aromatic carbocycles. The van der Waals surface area contributed by atoms with Crippen molar-refractivity contribution in [2.75, 3.05) is 18.5 Å². The van der Waals surface area contributed by atoms with Gasteiger partial charge in [-0.05, 0) is 44.7 Å². The Balaban J connectivity index is 1.85. The van der Waals surface area contributed by atoms with Crippen LogP contribution in [-0.4, -0.2) is 31.2 Å². The zero-order valence-corrected chi connectivity index (χ0v) is 13.3. The molecule has 1 unspecified atom stereocenters. The summed E-state index contributed by atoms with van der Waals surface area (Å²) in [5, 5.41) is 3.53. The molecular formula is C15H21NO4S. The molecule has 1 N–H and O–H groups in total. The molecule has 2 heterocycles. The normalized spacial score (nSPS) is 17.7. The van der Waals surface area contributed by atoms with Crippen LogP contribution in [0.25, 0.3) is 0 Å². The van der Waals surface area contributed by atoms with Crippen LogP contribution >= 0.6 is 11.3 Å². The van der Waals surface area contributed by atoms with Gasteiger partial charge >= 0.3 is 5.97 Å². The molecule has 1 aromatic heterocycles. The number of hydrogen-bond donors (Lipinski definition) is 1. The highest BCUT2D eigenvalue weighted by molar-refractivity contribution is 7.18. The van der Waals surface area contributed by atoms with Gasteiger partial charge in [-0.1, -0.05) is 0 Å². The summed E-state index contributed by atoms with van der Waals surface area (Å²) in [7, 11) is 0. The van der Waals surface area contributed by atoms with E-state index < -0.39 is 0 Å². The largest absolute Gasteiger partial charge is 0.462 e. The predicted octanol–water partition coefficient (Wildman–Crippen LogP) is 3.13. The van der Waals surface area contributed by atoms with Gasteiger partial charge in [-0.2, -0.15) is 0 Å². The molecule has 1 atom stereocenters. The molecule has 0 spiro atoms. The summed E-state index contributed by atoms with van der Waals surface area (Å²) in [5.74, 6) is -0.373. The first-order chi connectivity index (χ1) is 10.1. The lowest BCUT2D eigenvalue weighted by molar-refractivity contribution is -0.116. The lowest BCUT2D eigenvalue weighted by Gasteiger charge is -2.08. The van der Waals surface area contributed by atoms with Crippen LogP contribution in [0.3, 0.4) is 0 Å². The third kappa shape index (κ3) is 4.54. The maximum absolute atomic E-state index is 11.9. The molecule has 0 saturated carbocycles. The highest BCUT2D eigenvalue weighted by Crippen LogP contribution is 2.27. The topological polar surface area (TPSA) is 64.6 Å². The highest BCUT2D eigenvalue weighted by atomic mass is 32.1. The van der Waals surface area contributed by atoms with Gasteiger partial charge in [0, 0.05) is 13.0 Å². The lowest BCUT2D eigenvalue weighted by Crippen LogP contribution is -2.14. The first-order valence-corrected chi connectivity index (χ1v) is 8.10. The summed E-state index contributed by atoms with van der Waals surface area (Å²) in [6.45, 7) is 4.76. The number of ether oxygens (including phenoxy) is 2. The third-order valence-electron chi connectivity index (χ3n) is 3.36. The number of carbonyl (C=O) groups is 2. The molecule has 2 rings (SSSR count). The van der Waals surface area contributed by atoms with Gasteiger partial charge in [0.1, 0.15) is 4.88 Å². The second-order valence-corrected chi connectivity index (χ2v) is 6.12. The number of anilines is 1. The van der Waals surface area contributed by atoms with E-state index in [0.717, 1.165) is 31.4 Å². The molecule has 6 heteroatoms. The minimum Gasteiger partial charge on any atom is -0.462 e. The highest BCUT2D eigenvalue weighted by Gasteiger charge is 2.18. The number of nitrogens with one attached hydrogen (secondary N) is 1. The maximum Gasteiger partial charge on any atom is 0.348 e. The van der Waals surface area contributed by atoms with E-state index in [4.69, 9.17) is 9.47 Å². The summed E-state index contributed by atoms with van der Waals surface area (Å²) < 4.78 is 10.5. The molecule has 116 valence electrons. The molecule has 1 amide bonds. The van der Waals surface area contributed by atoms with Gasteiger partial charge in [0.05, 0.1) is 17.7 Å². The fourth-order valence-corrected chi connectivity index (χ4v) is 3.29. The summed E-state index contributed by atoms with van der Waals surface area (Å²) in [5.41, 5.74) is 0.827. The number of rotatable bonds is 6. The number of esters is 1. The number of carbonyl (C=O) groups excluding carboxylic acids is 2. The molecule has 0 bridgehead atoms. The van der Waals surface area contributed by atoms with Crippen molar-refractivity contribution in [2.24, 2.45) is 0 Å². The van der Waals surface area contributed by atoms with Crippen molar-refractivity contribution in [2.45, 2.75) is 45.6 Å².